The van der Waals surface area contributed by atoms with Crippen LogP contribution >= 0.6 is 11.3 Å². The van der Waals surface area contributed by atoms with E-state index in [2.05, 4.69) is 27.3 Å². The summed E-state index contributed by atoms with van der Waals surface area (Å²) in [5.41, 5.74) is 4.44. The van der Waals surface area contributed by atoms with Crippen molar-refractivity contribution in [2.24, 2.45) is 5.92 Å². The third-order valence-electron chi connectivity index (χ3n) is 8.33. The van der Waals surface area contributed by atoms with Gasteiger partial charge < -0.3 is 10.2 Å². The first-order valence-electron chi connectivity index (χ1n) is 13.4. The van der Waals surface area contributed by atoms with Crippen molar-refractivity contribution in [1.82, 2.24) is 19.4 Å². The zero-order valence-electron chi connectivity index (χ0n) is 21.5. The highest BCUT2D eigenvalue weighted by Gasteiger charge is 2.47. The fraction of sp³-hybridized carbons (Fsp3) is 0.379. The topological polar surface area (TPSA) is 96.0 Å². The third-order valence-corrected chi connectivity index (χ3v) is 9.47. The van der Waals surface area contributed by atoms with Gasteiger partial charge in [-0.05, 0) is 61.1 Å². The highest BCUT2D eigenvalue weighted by Crippen LogP contribution is 2.58. The summed E-state index contributed by atoms with van der Waals surface area (Å²) >= 11 is 1.43. The van der Waals surface area contributed by atoms with Crippen LogP contribution in [0.1, 0.15) is 34.8 Å². The molecule has 0 radical (unpaired) electrons. The first kappa shape index (κ1) is 25.1. The minimum Gasteiger partial charge on any atom is -0.366 e. The van der Waals surface area contributed by atoms with Crippen LogP contribution in [-0.2, 0) is 13.1 Å². The van der Waals surface area contributed by atoms with Gasteiger partial charge in [0.15, 0.2) is 0 Å². The zero-order valence-corrected chi connectivity index (χ0v) is 22.3. The molecule has 3 atom stereocenters. The fourth-order valence-corrected chi connectivity index (χ4v) is 7.50. The van der Waals surface area contributed by atoms with Crippen LogP contribution in [-0.4, -0.2) is 46.2 Å². The molecule has 0 bridgehead atoms. The van der Waals surface area contributed by atoms with Crippen molar-refractivity contribution in [3.63, 3.8) is 0 Å². The van der Waals surface area contributed by atoms with E-state index in [1.165, 1.54) is 22.6 Å². The normalized spacial score (nSPS) is 21.4. The Labute approximate surface area is 232 Å². The molecule has 4 aromatic rings. The SMILES string of the molecule is N#Cc1cc(-c2ccnc3cc(Cn4c(=O)ccn(CC(F)F)c4=O)sc23)c2c(c1)[C@@H]1C[C@@H]1CN2C1CCNC1. The molecular formula is C29H26F2N6O2S. The van der Waals surface area contributed by atoms with Gasteiger partial charge in [-0.15, -0.1) is 11.3 Å². The molecule has 7 rings (SSSR count). The molecule has 3 aliphatic rings. The number of fused-ring (bicyclic) bond motifs is 4. The summed E-state index contributed by atoms with van der Waals surface area (Å²) in [6.07, 6.45) is 2.36. The number of benzene rings is 1. The first-order valence-corrected chi connectivity index (χ1v) is 14.2. The number of nitrogens with one attached hydrogen (secondary N) is 1. The van der Waals surface area contributed by atoms with E-state index in [9.17, 15) is 23.6 Å². The van der Waals surface area contributed by atoms with Crippen LogP contribution in [0.2, 0.25) is 0 Å². The molecule has 1 N–H and O–H groups in total. The number of halogens is 2. The van der Waals surface area contributed by atoms with Crippen molar-refractivity contribution in [2.75, 3.05) is 24.5 Å². The molecule has 11 heteroatoms. The number of hydrogen-bond donors (Lipinski definition) is 1. The van der Waals surface area contributed by atoms with E-state index in [1.54, 1.807) is 6.20 Å². The van der Waals surface area contributed by atoms with Gasteiger partial charge >= 0.3 is 5.69 Å². The molecule has 2 aliphatic heterocycles. The lowest BCUT2D eigenvalue weighted by Crippen LogP contribution is -2.41. The number of hydrogen-bond acceptors (Lipinski definition) is 7. The Morgan fingerprint density at radius 2 is 2.08 bits per heavy atom. The number of pyridine rings is 1. The van der Waals surface area contributed by atoms with Crippen LogP contribution < -0.4 is 21.5 Å². The number of rotatable bonds is 6. The summed E-state index contributed by atoms with van der Waals surface area (Å²) in [7, 11) is 0. The number of aromatic nitrogens is 3. The summed E-state index contributed by atoms with van der Waals surface area (Å²) in [5.74, 6) is 1.10. The van der Waals surface area contributed by atoms with E-state index in [4.69, 9.17) is 0 Å². The molecule has 0 spiro atoms. The Morgan fingerprint density at radius 3 is 2.85 bits per heavy atom. The Kier molecular flexibility index (Phi) is 6.05. The summed E-state index contributed by atoms with van der Waals surface area (Å²) < 4.78 is 28.6. The number of thiophene rings is 1. The van der Waals surface area contributed by atoms with Gasteiger partial charge in [-0.25, -0.2) is 13.6 Å². The average molecular weight is 561 g/mol. The summed E-state index contributed by atoms with van der Waals surface area (Å²) in [5, 5.41) is 13.4. The largest absolute Gasteiger partial charge is 0.366 e. The minimum atomic E-state index is -2.71. The summed E-state index contributed by atoms with van der Waals surface area (Å²) in [6.45, 7) is 2.12. The molecule has 1 unspecified atom stereocenters. The maximum absolute atomic E-state index is 13.0. The third kappa shape index (κ3) is 4.22. The Hall–Kier alpha value is -3.88. The first-order chi connectivity index (χ1) is 19.4. The van der Waals surface area contributed by atoms with Gasteiger partial charge in [-0.1, -0.05) is 0 Å². The van der Waals surface area contributed by atoms with Gasteiger partial charge in [0, 0.05) is 59.3 Å². The standard InChI is InChI=1S/C29H26F2N6O2S/c30-25(31)15-35-6-3-26(38)37(29(35)39)14-19-10-24-28(40-19)20(2-5-34-24)22-7-16(11-32)8-23-21-9-17(21)13-36(27(22)23)18-1-4-33-12-18/h2-3,5-8,10,17-18,21,25,33H,1,4,9,12-15H2/t17-,18?,21-/m1/s1. The van der Waals surface area contributed by atoms with Crippen molar-refractivity contribution >= 4 is 27.2 Å². The molecule has 1 aromatic carbocycles. The maximum Gasteiger partial charge on any atom is 0.331 e. The molecule has 3 aromatic heterocycles. The number of nitriles is 1. The summed E-state index contributed by atoms with van der Waals surface area (Å²) in [4.78, 5) is 33.1. The zero-order chi connectivity index (χ0) is 27.5. The lowest BCUT2D eigenvalue weighted by atomic mass is 9.90. The predicted molar refractivity (Wildman–Crippen MR) is 149 cm³/mol. The van der Waals surface area contributed by atoms with Crippen LogP contribution in [0.15, 0.2) is 52.3 Å². The number of nitrogens with zero attached hydrogens (tertiary/aromatic N) is 5. The van der Waals surface area contributed by atoms with E-state index in [0.717, 1.165) is 75.2 Å². The van der Waals surface area contributed by atoms with Crippen molar-refractivity contribution < 1.29 is 8.78 Å². The van der Waals surface area contributed by atoms with Crippen molar-refractivity contribution in [1.29, 1.82) is 5.26 Å². The van der Waals surface area contributed by atoms with Crippen molar-refractivity contribution in [3.05, 3.63) is 79.6 Å². The minimum absolute atomic E-state index is 0.0395. The van der Waals surface area contributed by atoms with Crippen molar-refractivity contribution in [3.8, 4) is 17.2 Å². The van der Waals surface area contributed by atoms with Gasteiger partial charge in [-0.3, -0.25) is 18.9 Å². The maximum atomic E-state index is 13.0. The molecule has 5 heterocycles. The Balaban J connectivity index is 1.35. The van der Waals surface area contributed by atoms with Gasteiger partial charge in [0.2, 0.25) is 0 Å². The van der Waals surface area contributed by atoms with E-state index in [1.807, 2.05) is 18.2 Å². The van der Waals surface area contributed by atoms with E-state index in [-0.39, 0.29) is 6.54 Å². The van der Waals surface area contributed by atoms with Gasteiger partial charge in [-0.2, -0.15) is 5.26 Å². The molecule has 8 nitrogen and oxygen atoms in total. The molecule has 2 fully saturated rings. The second-order valence-electron chi connectivity index (χ2n) is 10.8. The molecule has 1 aliphatic carbocycles. The average Bonchev–Trinajstić information content (AvgIpc) is 3.32. The van der Waals surface area contributed by atoms with Gasteiger partial charge in [0.05, 0.1) is 34.9 Å². The molecule has 40 heavy (non-hydrogen) atoms. The highest BCUT2D eigenvalue weighted by atomic mass is 32.1. The van der Waals surface area contributed by atoms with Crippen LogP contribution in [0.4, 0.5) is 14.5 Å². The quantitative estimate of drug-likeness (QED) is 0.386. The van der Waals surface area contributed by atoms with Gasteiger partial charge in [0.25, 0.3) is 12.0 Å². The molecule has 1 saturated carbocycles. The van der Waals surface area contributed by atoms with Crippen molar-refractivity contribution in [2.45, 2.75) is 44.3 Å². The molecule has 0 amide bonds. The molecule has 204 valence electrons. The highest BCUT2D eigenvalue weighted by molar-refractivity contribution is 7.19. The van der Waals surface area contributed by atoms with E-state index >= 15 is 0 Å². The molecular weight excluding hydrogens is 534 g/mol. The van der Waals surface area contributed by atoms with E-state index in [0.29, 0.717) is 28.3 Å². The predicted octanol–water partition coefficient (Wildman–Crippen LogP) is 3.76. The van der Waals surface area contributed by atoms with Crippen LogP contribution in [0.3, 0.4) is 0 Å². The monoisotopic (exact) mass is 560 g/mol. The fourth-order valence-electron chi connectivity index (χ4n) is 6.36. The number of alkyl halides is 2. The summed E-state index contributed by atoms with van der Waals surface area (Å²) in [6, 6.07) is 11.7. The Bertz CT molecular complexity index is 1800. The molecule has 1 saturated heterocycles. The second kappa shape index (κ2) is 9.64. The number of anilines is 1. The lowest BCUT2D eigenvalue weighted by Gasteiger charge is -2.37. The van der Waals surface area contributed by atoms with Crippen LogP contribution in [0, 0.1) is 17.2 Å². The van der Waals surface area contributed by atoms with Gasteiger partial charge in [0.1, 0.15) is 0 Å². The van der Waals surface area contributed by atoms with Crippen LogP contribution in [0.5, 0.6) is 0 Å². The lowest BCUT2D eigenvalue weighted by molar-refractivity contribution is 0.124. The second-order valence-corrected chi connectivity index (χ2v) is 12.0. The van der Waals surface area contributed by atoms with Crippen LogP contribution in [0.25, 0.3) is 21.3 Å². The van der Waals surface area contributed by atoms with E-state index < -0.39 is 24.2 Å². The smallest absolute Gasteiger partial charge is 0.331 e. The Morgan fingerprint density at radius 1 is 1.20 bits per heavy atom.